The second-order valence-electron chi connectivity index (χ2n) is 6.71. The van der Waals surface area contributed by atoms with E-state index in [4.69, 9.17) is 0 Å². The molecule has 0 radical (unpaired) electrons. The van der Waals surface area contributed by atoms with Gasteiger partial charge in [0.05, 0.1) is 4.90 Å². The number of sulfone groups is 1. The largest absolute Gasteiger partial charge is 0.350 e. The van der Waals surface area contributed by atoms with Crippen molar-refractivity contribution >= 4 is 15.7 Å². The first-order valence-electron chi connectivity index (χ1n) is 8.93. The number of pyridine rings is 1. The van der Waals surface area contributed by atoms with E-state index in [2.05, 4.69) is 10.3 Å². The lowest BCUT2D eigenvalue weighted by Crippen LogP contribution is -2.32. The Balaban J connectivity index is 1.90. The van der Waals surface area contributed by atoms with E-state index >= 15 is 0 Å². The number of aromatic nitrogens is 1. The molecule has 3 rings (SSSR count). The lowest BCUT2D eigenvalue weighted by Gasteiger charge is -2.19. The summed E-state index contributed by atoms with van der Waals surface area (Å²) in [4.78, 5) is 16.8. The van der Waals surface area contributed by atoms with Crippen LogP contribution in [0.3, 0.4) is 0 Å². The first kappa shape index (κ1) is 19.8. The van der Waals surface area contributed by atoms with Crippen LogP contribution in [0.1, 0.15) is 32.3 Å². The summed E-state index contributed by atoms with van der Waals surface area (Å²) in [6, 6.07) is 17.3. The molecule has 6 heteroatoms. The van der Waals surface area contributed by atoms with Crippen LogP contribution in [0.25, 0.3) is 0 Å². The number of benzene rings is 2. The summed E-state index contributed by atoms with van der Waals surface area (Å²) in [7, 11) is -3.71. The standard InChI is InChI=1S/C22H22N2O3S/c1-16-8-10-20(11-9-16)28(26,27)21(19-7-4-12-23-14-19)15-24-22(25)18-6-3-5-17(2)13-18/h3-14,21H,15H2,1-2H3,(H,24,25)/t21-/m0/s1. The molecule has 144 valence electrons. The van der Waals surface area contributed by atoms with Crippen molar-refractivity contribution in [1.29, 1.82) is 0 Å². The van der Waals surface area contributed by atoms with Gasteiger partial charge in [-0.3, -0.25) is 9.78 Å². The fourth-order valence-electron chi connectivity index (χ4n) is 2.94. The van der Waals surface area contributed by atoms with Crippen LogP contribution in [0.15, 0.2) is 78.0 Å². The number of nitrogens with one attached hydrogen (secondary N) is 1. The maximum absolute atomic E-state index is 13.3. The maximum atomic E-state index is 13.3. The first-order chi connectivity index (χ1) is 13.4. The van der Waals surface area contributed by atoms with Crippen molar-refractivity contribution in [2.24, 2.45) is 0 Å². The first-order valence-corrected chi connectivity index (χ1v) is 10.5. The third-order valence-electron chi connectivity index (χ3n) is 4.51. The number of carbonyl (C=O) groups excluding carboxylic acids is 1. The van der Waals surface area contributed by atoms with Crippen molar-refractivity contribution < 1.29 is 13.2 Å². The van der Waals surface area contributed by atoms with Gasteiger partial charge in [-0.15, -0.1) is 0 Å². The lowest BCUT2D eigenvalue weighted by molar-refractivity contribution is 0.0953. The van der Waals surface area contributed by atoms with Crippen molar-refractivity contribution in [1.82, 2.24) is 10.3 Å². The van der Waals surface area contributed by atoms with Gasteiger partial charge in [0.25, 0.3) is 5.91 Å². The molecule has 0 fully saturated rings. The van der Waals surface area contributed by atoms with Crippen LogP contribution in [0.4, 0.5) is 0 Å². The Kier molecular flexibility index (Phi) is 5.90. The van der Waals surface area contributed by atoms with Gasteiger partial charge in [0.2, 0.25) is 0 Å². The highest BCUT2D eigenvalue weighted by molar-refractivity contribution is 7.91. The van der Waals surface area contributed by atoms with Crippen LogP contribution in [-0.2, 0) is 9.84 Å². The predicted octanol–water partition coefficient (Wildman–Crippen LogP) is 3.64. The Morgan fingerprint density at radius 2 is 1.75 bits per heavy atom. The second kappa shape index (κ2) is 8.35. The van der Waals surface area contributed by atoms with E-state index in [1.165, 1.54) is 6.20 Å². The smallest absolute Gasteiger partial charge is 0.251 e. The minimum absolute atomic E-state index is 0.0469. The zero-order valence-electron chi connectivity index (χ0n) is 15.8. The summed E-state index contributed by atoms with van der Waals surface area (Å²) in [5.74, 6) is -0.309. The van der Waals surface area contributed by atoms with Gasteiger partial charge in [0, 0.05) is 24.5 Å². The zero-order valence-corrected chi connectivity index (χ0v) is 16.6. The zero-order chi connectivity index (χ0) is 20.1. The molecule has 0 unspecified atom stereocenters. The molecule has 3 aromatic rings. The summed E-state index contributed by atoms with van der Waals surface area (Å²) in [6.45, 7) is 3.75. The molecule has 28 heavy (non-hydrogen) atoms. The molecule has 0 bridgehead atoms. The van der Waals surface area contributed by atoms with E-state index < -0.39 is 15.1 Å². The van der Waals surface area contributed by atoms with Crippen LogP contribution < -0.4 is 5.32 Å². The molecule has 0 aliphatic heterocycles. The van der Waals surface area contributed by atoms with Gasteiger partial charge in [-0.2, -0.15) is 0 Å². The minimum atomic E-state index is -3.71. The molecular weight excluding hydrogens is 372 g/mol. The number of carbonyl (C=O) groups is 1. The molecule has 0 saturated carbocycles. The maximum Gasteiger partial charge on any atom is 0.251 e. The van der Waals surface area contributed by atoms with Crippen LogP contribution in [0.2, 0.25) is 0 Å². The summed E-state index contributed by atoms with van der Waals surface area (Å²) >= 11 is 0. The molecule has 1 N–H and O–H groups in total. The minimum Gasteiger partial charge on any atom is -0.350 e. The predicted molar refractivity (Wildman–Crippen MR) is 109 cm³/mol. The Hall–Kier alpha value is -2.99. The SMILES string of the molecule is Cc1ccc(S(=O)(=O)[C@@H](CNC(=O)c2cccc(C)c2)c2cccnc2)cc1. The van der Waals surface area contributed by atoms with E-state index in [0.717, 1.165) is 11.1 Å². The summed E-state index contributed by atoms with van der Waals surface area (Å²) in [5.41, 5.74) is 2.97. The average molecular weight is 394 g/mol. The van der Waals surface area contributed by atoms with E-state index in [-0.39, 0.29) is 17.3 Å². The summed E-state index contributed by atoms with van der Waals surface area (Å²) < 4.78 is 26.5. The van der Waals surface area contributed by atoms with Crippen molar-refractivity contribution in [2.75, 3.05) is 6.54 Å². The van der Waals surface area contributed by atoms with Gasteiger partial charge in [0.1, 0.15) is 5.25 Å². The number of rotatable bonds is 6. The van der Waals surface area contributed by atoms with E-state index in [1.807, 2.05) is 19.9 Å². The molecule has 0 saturated heterocycles. The fraction of sp³-hybridized carbons (Fsp3) is 0.182. The number of hydrogen-bond donors (Lipinski definition) is 1. The normalized spacial score (nSPS) is 12.4. The van der Waals surface area contributed by atoms with Crippen molar-refractivity contribution in [3.05, 3.63) is 95.3 Å². The average Bonchev–Trinajstić information content (AvgIpc) is 2.69. The monoisotopic (exact) mass is 394 g/mol. The van der Waals surface area contributed by atoms with E-state index in [0.29, 0.717) is 11.1 Å². The highest BCUT2D eigenvalue weighted by atomic mass is 32.2. The number of hydrogen-bond acceptors (Lipinski definition) is 4. The van der Waals surface area contributed by atoms with Crippen LogP contribution >= 0.6 is 0 Å². The molecule has 2 aromatic carbocycles. The van der Waals surface area contributed by atoms with Gasteiger partial charge in [-0.1, -0.05) is 41.5 Å². The molecule has 1 aromatic heterocycles. The van der Waals surface area contributed by atoms with Gasteiger partial charge in [-0.25, -0.2) is 8.42 Å². The highest BCUT2D eigenvalue weighted by Gasteiger charge is 2.30. The molecule has 1 amide bonds. The third-order valence-corrected chi connectivity index (χ3v) is 6.63. The quantitative estimate of drug-likeness (QED) is 0.692. The van der Waals surface area contributed by atoms with E-state index in [9.17, 15) is 13.2 Å². The Morgan fingerprint density at radius 3 is 2.39 bits per heavy atom. The molecule has 1 atom stereocenters. The van der Waals surface area contributed by atoms with Crippen molar-refractivity contribution in [3.63, 3.8) is 0 Å². The lowest BCUT2D eigenvalue weighted by atomic mass is 10.1. The van der Waals surface area contributed by atoms with Gasteiger partial charge >= 0.3 is 0 Å². The number of amides is 1. The summed E-state index contributed by atoms with van der Waals surface area (Å²) in [5, 5.41) is 1.83. The second-order valence-corrected chi connectivity index (χ2v) is 8.84. The molecule has 0 spiro atoms. The molecule has 0 aliphatic rings. The van der Waals surface area contributed by atoms with Gasteiger partial charge < -0.3 is 5.32 Å². The topological polar surface area (TPSA) is 76.1 Å². The van der Waals surface area contributed by atoms with Crippen molar-refractivity contribution in [2.45, 2.75) is 24.0 Å². The van der Waals surface area contributed by atoms with Crippen molar-refractivity contribution in [3.8, 4) is 0 Å². The van der Waals surface area contributed by atoms with Crippen LogP contribution in [0, 0.1) is 13.8 Å². The fourth-order valence-corrected chi connectivity index (χ4v) is 4.58. The Labute approximate surface area is 165 Å². The summed E-state index contributed by atoms with van der Waals surface area (Å²) in [6.07, 6.45) is 3.11. The van der Waals surface area contributed by atoms with Gasteiger partial charge in [-0.05, 0) is 49.7 Å². The third kappa shape index (κ3) is 4.46. The number of nitrogens with zero attached hydrogens (tertiary/aromatic N) is 1. The highest BCUT2D eigenvalue weighted by Crippen LogP contribution is 2.28. The van der Waals surface area contributed by atoms with E-state index in [1.54, 1.807) is 60.8 Å². The Morgan fingerprint density at radius 1 is 1.00 bits per heavy atom. The van der Waals surface area contributed by atoms with Crippen LogP contribution in [0.5, 0.6) is 0 Å². The van der Waals surface area contributed by atoms with Crippen LogP contribution in [-0.4, -0.2) is 25.9 Å². The molecule has 5 nitrogen and oxygen atoms in total. The van der Waals surface area contributed by atoms with Gasteiger partial charge in [0.15, 0.2) is 9.84 Å². The molecule has 0 aliphatic carbocycles. The Bertz CT molecular complexity index is 1060. The molecule has 1 heterocycles. The number of aryl methyl sites for hydroxylation is 2. The molecular formula is C22H22N2O3S.